The maximum Gasteiger partial charge on any atom is 0.127 e. The van der Waals surface area contributed by atoms with Gasteiger partial charge in [-0.25, -0.2) is 0 Å². The SMILES string of the molecule is CCNC(C)c1ccc(Oc2cccc(CO)c2)cc1. The van der Waals surface area contributed by atoms with E-state index in [-0.39, 0.29) is 6.61 Å². The van der Waals surface area contributed by atoms with Crippen molar-refractivity contribution in [1.82, 2.24) is 5.32 Å². The van der Waals surface area contributed by atoms with Crippen LogP contribution in [-0.4, -0.2) is 11.7 Å². The molecule has 0 heterocycles. The van der Waals surface area contributed by atoms with Crippen LogP contribution in [0.3, 0.4) is 0 Å². The average molecular weight is 271 g/mol. The first-order valence-electron chi connectivity index (χ1n) is 6.94. The van der Waals surface area contributed by atoms with Gasteiger partial charge in [0.05, 0.1) is 6.61 Å². The molecular weight excluding hydrogens is 250 g/mol. The third-order valence-corrected chi connectivity index (χ3v) is 3.21. The molecule has 2 N–H and O–H groups in total. The second-order valence-electron chi connectivity index (χ2n) is 4.76. The van der Waals surface area contributed by atoms with Gasteiger partial charge in [0.15, 0.2) is 0 Å². The standard InChI is InChI=1S/C17H21NO2/c1-3-18-13(2)15-7-9-16(10-8-15)20-17-6-4-5-14(11-17)12-19/h4-11,13,18-19H,3,12H2,1-2H3. The van der Waals surface area contributed by atoms with Crippen molar-refractivity contribution in [2.75, 3.05) is 6.54 Å². The average Bonchev–Trinajstić information content (AvgIpc) is 2.48. The molecule has 0 aliphatic heterocycles. The second-order valence-corrected chi connectivity index (χ2v) is 4.76. The van der Waals surface area contributed by atoms with E-state index in [4.69, 9.17) is 9.84 Å². The number of aliphatic hydroxyl groups is 1. The lowest BCUT2D eigenvalue weighted by Crippen LogP contribution is -2.17. The number of ether oxygens (including phenoxy) is 1. The molecule has 2 aromatic carbocycles. The minimum Gasteiger partial charge on any atom is -0.457 e. The quantitative estimate of drug-likeness (QED) is 0.842. The molecule has 0 bridgehead atoms. The summed E-state index contributed by atoms with van der Waals surface area (Å²) in [6.07, 6.45) is 0. The first-order chi connectivity index (χ1) is 9.72. The van der Waals surface area contributed by atoms with Gasteiger partial charge in [-0.2, -0.15) is 0 Å². The van der Waals surface area contributed by atoms with E-state index < -0.39 is 0 Å². The highest BCUT2D eigenvalue weighted by Gasteiger charge is 2.04. The van der Waals surface area contributed by atoms with Crippen molar-refractivity contribution in [3.8, 4) is 11.5 Å². The van der Waals surface area contributed by atoms with Gasteiger partial charge in [0.25, 0.3) is 0 Å². The van der Waals surface area contributed by atoms with Crippen LogP contribution in [0, 0.1) is 0 Å². The molecule has 0 saturated heterocycles. The molecule has 1 atom stereocenters. The fraction of sp³-hybridized carbons (Fsp3) is 0.294. The molecule has 2 aromatic rings. The lowest BCUT2D eigenvalue weighted by atomic mass is 10.1. The molecule has 0 aromatic heterocycles. The maximum atomic E-state index is 9.11. The largest absolute Gasteiger partial charge is 0.457 e. The zero-order chi connectivity index (χ0) is 14.4. The molecule has 0 saturated carbocycles. The van der Waals surface area contributed by atoms with Gasteiger partial charge >= 0.3 is 0 Å². The van der Waals surface area contributed by atoms with Crippen molar-refractivity contribution >= 4 is 0 Å². The third-order valence-electron chi connectivity index (χ3n) is 3.21. The van der Waals surface area contributed by atoms with Crippen molar-refractivity contribution in [2.24, 2.45) is 0 Å². The van der Waals surface area contributed by atoms with Gasteiger partial charge in [0.2, 0.25) is 0 Å². The molecule has 0 amide bonds. The molecule has 0 fully saturated rings. The normalized spacial score (nSPS) is 12.2. The summed E-state index contributed by atoms with van der Waals surface area (Å²) in [5.74, 6) is 1.54. The smallest absolute Gasteiger partial charge is 0.127 e. The fourth-order valence-electron chi connectivity index (χ4n) is 2.09. The van der Waals surface area contributed by atoms with Crippen molar-refractivity contribution in [3.05, 3.63) is 59.7 Å². The van der Waals surface area contributed by atoms with Crippen molar-refractivity contribution in [1.29, 1.82) is 0 Å². The van der Waals surface area contributed by atoms with Crippen LogP contribution in [-0.2, 0) is 6.61 Å². The van der Waals surface area contributed by atoms with Gasteiger partial charge in [-0.05, 0) is 48.9 Å². The Labute approximate surface area is 120 Å². The summed E-state index contributed by atoms with van der Waals surface area (Å²) in [6, 6.07) is 15.9. The van der Waals surface area contributed by atoms with Crippen molar-refractivity contribution in [2.45, 2.75) is 26.5 Å². The molecule has 106 valence electrons. The van der Waals surface area contributed by atoms with E-state index in [1.807, 2.05) is 36.4 Å². The molecule has 2 rings (SSSR count). The Morgan fingerprint density at radius 3 is 2.50 bits per heavy atom. The summed E-state index contributed by atoms with van der Waals surface area (Å²) < 4.78 is 5.78. The van der Waals surface area contributed by atoms with Gasteiger partial charge in [-0.1, -0.05) is 31.2 Å². The molecule has 0 spiro atoms. The highest BCUT2D eigenvalue weighted by molar-refractivity contribution is 5.35. The van der Waals surface area contributed by atoms with Gasteiger partial charge in [0, 0.05) is 6.04 Å². The summed E-state index contributed by atoms with van der Waals surface area (Å²) >= 11 is 0. The minimum absolute atomic E-state index is 0.0241. The summed E-state index contributed by atoms with van der Waals surface area (Å²) in [5, 5.41) is 12.5. The van der Waals surface area contributed by atoms with E-state index in [1.54, 1.807) is 0 Å². The number of benzene rings is 2. The van der Waals surface area contributed by atoms with Crippen molar-refractivity contribution in [3.63, 3.8) is 0 Å². The van der Waals surface area contributed by atoms with E-state index in [0.717, 1.165) is 23.6 Å². The Bertz CT molecular complexity index is 537. The van der Waals surface area contributed by atoms with Crippen LogP contribution in [0.2, 0.25) is 0 Å². The molecule has 1 unspecified atom stereocenters. The topological polar surface area (TPSA) is 41.5 Å². The summed E-state index contributed by atoms with van der Waals surface area (Å²) in [5.41, 5.74) is 2.09. The van der Waals surface area contributed by atoms with Crippen LogP contribution in [0.4, 0.5) is 0 Å². The van der Waals surface area contributed by atoms with E-state index in [9.17, 15) is 0 Å². The Morgan fingerprint density at radius 1 is 1.10 bits per heavy atom. The van der Waals surface area contributed by atoms with E-state index >= 15 is 0 Å². The van der Waals surface area contributed by atoms with Crippen molar-refractivity contribution < 1.29 is 9.84 Å². The predicted molar refractivity (Wildman–Crippen MR) is 81.0 cm³/mol. The van der Waals surface area contributed by atoms with E-state index in [2.05, 4.69) is 31.3 Å². The zero-order valence-electron chi connectivity index (χ0n) is 12.0. The Hall–Kier alpha value is -1.84. The van der Waals surface area contributed by atoms with Gasteiger partial charge in [-0.15, -0.1) is 0 Å². The van der Waals surface area contributed by atoms with E-state index in [1.165, 1.54) is 5.56 Å². The molecule has 3 heteroatoms. The van der Waals surface area contributed by atoms with Gasteiger partial charge in [0.1, 0.15) is 11.5 Å². The highest BCUT2D eigenvalue weighted by atomic mass is 16.5. The van der Waals surface area contributed by atoms with Crippen LogP contribution in [0.5, 0.6) is 11.5 Å². The molecule has 0 aliphatic carbocycles. The van der Waals surface area contributed by atoms with Crippen LogP contribution in [0.15, 0.2) is 48.5 Å². The lowest BCUT2D eigenvalue weighted by molar-refractivity contribution is 0.281. The molecule has 3 nitrogen and oxygen atoms in total. The number of hydrogen-bond acceptors (Lipinski definition) is 3. The van der Waals surface area contributed by atoms with Crippen LogP contribution in [0.25, 0.3) is 0 Å². The lowest BCUT2D eigenvalue weighted by Gasteiger charge is -2.13. The maximum absolute atomic E-state index is 9.11. The minimum atomic E-state index is 0.0241. The third kappa shape index (κ3) is 3.83. The fourth-order valence-corrected chi connectivity index (χ4v) is 2.09. The first kappa shape index (κ1) is 14.6. The molecule has 0 aliphatic rings. The summed E-state index contributed by atoms with van der Waals surface area (Å²) in [4.78, 5) is 0. The predicted octanol–water partition coefficient (Wildman–Crippen LogP) is 3.64. The number of nitrogens with one attached hydrogen (secondary N) is 1. The Morgan fingerprint density at radius 2 is 1.85 bits per heavy atom. The zero-order valence-corrected chi connectivity index (χ0v) is 12.0. The van der Waals surface area contributed by atoms with E-state index in [0.29, 0.717) is 6.04 Å². The highest BCUT2D eigenvalue weighted by Crippen LogP contribution is 2.24. The van der Waals surface area contributed by atoms with Crippen LogP contribution >= 0.6 is 0 Å². The number of rotatable bonds is 6. The monoisotopic (exact) mass is 271 g/mol. The number of hydrogen-bond donors (Lipinski definition) is 2. The summed E-state index contributed by atoms with van der Waals surface area (Å²) in [6.45, 7) is 5.22. The molecule has 20 heavy (non-hydrogen) atoms. The number of aliphatic hydroxyl groups excluding tert-OH is 1. The molecule has 0 radical (unpaired) electrons. The summed E-state index contributed by atoms with van der Waals surface area (Å²) in [7, 11) is 0. The van der Waals surface area contributed by atoms with Gasteiger partial charge in [-0.3, -0.25) is 0 Å². The molecular formula is C17H21NO2. The Kier molecular flexibility index (Phi) is 5.16. The van der Waals surface area contributed by atoms with Crippen LogP contribution < -0.4 is 10.1 Å². The second kappa shape index (κ2) is 7.08. The van der Waals surface area contributed by atoms with Crippen LogP contribution in [0.1, 0.15) is 31.0 Å². The Balaban J connectivity index is 2.06. The first-order valence-corrected chi connectivity index (χ1v) is 6.94. The van der Waals surface area contributed by atoms with Gasteiger partial charge < -0.3 is 15.2 Å².